The van der Waals surface area contributed by atoms with E-state index in [4.69, 9.17) is 43.1 Å². The number of ketones is 1. The van der Waals surface area contributed by atoms with E-state index in [1.165, 1.54) is 20.3 Å². The first-order chi connectivity index (χ1) is 12.4. The van der Waals surface area contributed by atoms with E-state index in [2.05, 4.69) is 0 Å². The number of carbonyl (C=O) groups is 2. The van der Waals surface area contributed by atoms with Gasteiger partial charge in [0.25, 0.3) is 0 Å². The lowest BCUT2D eigenvalue weighted by molar-refractivity contribution is -0.136. The second-order valence-electron chi connectivity index (χ2n) is 5.93. The second-order valence-corrected chi connectivity index (χ2v) is 6.77. The highest BCUT2D eigenvalue weighted by Crippen LogP contribution is 2.48. The summed E-state index contributed by atoms with van der Waals surface area (Å²) in [5, 5.41) is 0.597. The van der Waals surface area contributed by atoms with Crippen LogP contribution in [0.2, 0.25) is 10.0 Å². The summed E-state index contributed by atoms with van der Waals surface area (Å²) in [4.78, 5) is 25.1. The SMILES string of the molecule is COC(=O)C1=C(N)OC2=C(C(=O)CCC2)[C@@H]1c1cc(Cl)cc(Cl)c1OC. The molecule has 1 aliphatic carbocycles. The molecule has 3 rings (SSSR count). The Morgan fingerprint density at radius 3 is 2.65 bits per heavy atom. The maximum Gasteiger partial charge on any atom is 0.340 e. The van der Waals surface area contributed by atoms with E-state index in [-0.39, 0.29) is 22.3 Å². The zero-order valence-corrected chi connectivity index (χ0v) is 15.7. The van der Waals surface area contributed by atoms with Crippen LogP contribution < -0.4 is 10.5 Å². The molecule has 26 heavy (non-hydrogen) atoms. The zero-order chi connectivity index (χ0) is 19.0. The van der Waals surface area contributed by atoms with Crippen LogP contribution in [0.15, 0.2) is 34.9 Å². The number of carbonyl (C=O) groups excluding carboxylic acids is 2. The quantitative estimate of drug-likeness (QED) is 0.785. The van der Waals surface area contributed by atoms with Crippen LogP contribution >= 0.6 is 23.2 Å². The monoisotopic (exact) mass is 397 g/mol. The molecule has 0 amide bonds. The summed E-state index contributed by atoms with van der Waals surface area (Å²) < 4.78 is 15.9. The van der Waals surface area contributed by atoms with Crippen LogP contribution in [0.1, 0.15) is 30.7 Å². The number of halogens is 2. The van der Waals surface area contributed by atoms with Gasteiger partial charge in [-0.25, -0.2) is 4.79 Å². The van der Waals surface area contributed by atoms with Gasteiger partial charge in [-0.1, -0.05) is 23.2 Å². The predicted octanol–water partition coefficient (Wildman–Crippen LogP) is 3.47. The van der Waals surface area contributed by atoms with Crippen LogP contribution in [0.3, 0.4) is 0 Å². The predicted molar refractivity (Wildman–Crippen MR) is 96.0 cm³/mol. The molecule has 2 N–H and O–H groups in total. The highest BCUT2D eigenvalue weighted by atomic mass is 35.5. The fourth-order valence-corrected chi connectivity index (χ4v) is 3.97. The molecule has 0 fully saturated rings. The zero-order valence-electron chi connectivity index (χ0n) is 14.2. The fourth-order valence-electron chi connectivity index (χ4n) is 3.39. The summed E-state index contributed by atoms with van der Waals surface area (Å²) >= 11 is 12.4. The molecular weight excluding hydrogens is 381 g/mol. The molecule has 0 radical (unpaired) electrons. The van der Waals surface area contributed by atoms with Gasteiger partial charge in [0.1, 0.15) is 17.1 Å². The van der Waals surface area contributed by atoms with Crippen molar-refractivity contribution in [1.29, 1.82) is 0 Å². The molecule has 0 unspecified atom stereocenters. The van der Waals surface area contributed by atoms with E-state index in [0.29, 0.717) is 46.9 Å². The Hall–Kier alpha value is -2.18. The van der Waals surface area contributed by atoms with Crippen LogP contribution in [0.5, 0.6) is 5.75 Å². The van der Waals surface area contributed by atoms with Gasteiger partial charge in [0, 0.05) is 29.0 Å². The summed E-state index contributed by atoms with van der Waals surface area (Å²) in [5.74, 6) is -0.991. The Bertz CT molecular complexity index is 859. The Balaban J connectivity index is 2.31. The number of rotatable bonds is 3. The third kappa shape index (κ3) is 3.04. The second kappa shape index (κ2) is 7.21. The summed E-state index contributed by atoms with van der Waals surface area (Å²) in [6, 6.07) is 3.12. The van der Waals surface area contributed by atoms with Crippen molar-refractivity contribution >= 4 is 35.0 Å². The molecule has 1 heterocycles. The van der Waals surface area contributed by atoms with Crippen molar-refractivity contribution in [3.63, 3.8) is 0 Å². The van der Waals surface area contributed by atoms with Gasteiger partial charge in [-0.15, -0.1) is 0 Å². The first kappa shape index (κ1) is 18.6. The summed E-state index contributed by atoms with van der Waals surface area (Å²) in [5.41, 5.74) is 6.85. The number of esters is 1. The van der Waals surface area contributed by atoms with Crippen LogP contribution in [0.25, 0.3) is 0 Å². The Kier molecular flexibility index (Phi) is 5.16. The molecule has 0 spiro atoms. The minimum atomic E-state index is -0.829. The van der Waals surface area contributed by atoms with Crippen LogP contribution in [0.4, 0.5) is 0 Å². The van der Waals surface area contributed by atoms with Gasteiger partial charge in [-0.05, 0) is 18.6 Å². The minimum Gasteiger partial charge on any atom is -0.495 e. The van der Waals surface area contributed by atoms with Gasteiger partial charge < -0.3 is 19.9 Å². The van der Waals surface area contributed by atoms with Gasteiger partial charge in [-0.2, -0.15) is 0 Å². The van der Waals surface area contributed by atoms with Gasteiger partial charge in [0.2, 0.25) is 5.88 Å². The highest BCUT2D eigenvalue weighted by Gasteiger charge is 2.42. The average molecular weight is 398 g/mol. The molecule has 1 aromatic carbocycles. The normalized spacial score (nSPS) is 19.8. The first-order valence-electron chi connectivity index (χ1n) is 7.94. The fraction of sp³-hybridized carbons (Fsp3) is 0.333. The van der Waals surface area contributed by atoms with E-state index < -0.39 is 11.9 Å². The summed E-state index contributed by atoms with van der Waals surface area (Å²) in [7, 11) is 2.68. The van der Waals surface area contributed by atoms with Crippen molar-refractivity contribution in [1.82, 2.24) is 0 Å². The lowest BCUT2D eigenvalue weighted by atomic mass is 9.77. The standard InChI is InChI=1S/C18H17Cl2NO5/c1-24-16-9(6-8(19)7-10(16)20)13-14-11(22)4-3-5-12(14)26-17(21)15(13)18(23)25-2/h6-7,13H,3-5,21H2,1-2H3/t13-/m0/s1. The molecule has 1 aromatic rings. The smallest absolute Gasteiger partial charge is 0.340 e. The Labute approximate surface area is 160 Å². The van der Waals surface area contributed by atoms with Crippen molar-refractivity contribution < 1.29 is 23.8 Å². The van der Waals surface area contributed by atoms with E-state index in [1.807, 2.05) is 0 Å². The molecular formula is C18H17Cl2NO5. The van der Waals surface area contributed by atoms with E-state index >= 15 is 0 Å². The number of methoxy groups -OCH3 is 2. The number of Topliss-reactive ketones (excluding diaryl/α,β-unsaturated/α-hetero) is 1. The molecule has 1 aliphatic heterocycles. The van der Waals surface area contributed by atoms with Crippen molar-refractivity contribution in [2.24, 2.45) is 5.73 Å². The van der Waals surface area contributed by atoms with E-state index in [0.717, 1.165) is 0 Å². The third-order valence-corrected chi connectivity index (χ3v) is 4.94. The van der Waals surface area contributed by atoms with Crippen molar-refractivity contribution in [2.45, 2.75) is 25.2 Å². The van der Waals surface area contributed by atoms with Crippen LogP contribution in [-0.2, 0) is 19.1 Å². The molecule has 8 heteroatoms. The molecule has 0 saturated heterocycles. The van der Waals surface area contributed by atoms with Gasteiger partial charge in [0.15, 0.2) is 5.78 Å². The maximum absolute atomic E-state index is 12.7. The third-order valence-electron chi connectivity index (χ3n) is 4.44. The molecule has 6 nitrogen and oxygen atoms in total. The van der Waals surface area contributed by atoms with Gasteiger partial charge in [0.05, 0.1) is 25.2 Å². The highest BCUT2D eigenvalue weighted by molar-refractivity contribution is 6.35. The lowest BCUT2D eigenvalue weighted by Gasteiger charge is -2.33. The number of benzene rings is 1. The Morgan fingerprint density at radius 1 is 1.27 bits per heavy atom. The van der Waals surface area contributed by atoms with Gasteiger partial charge >= 0.3 is 5.97 Å². The molecule has 2 aliphatic rings. The topological polar surface area (TPSA) is 87.9 Å². The number of nitrogens with two attached hydrogens (primary N) is 1. The first-order valence-corrected chi connectivity index (χ1v) is 8.69. The van der Waals surface area contributed by atoms with E-state index in [9.17, 15) is 9.59 Å². The van der Waals surface area contributed by atoms with Crippen molar-refractivity contribution in [3.8, 4) is 5.75 Å². The number of ether oxygens (including phenoxy) is 3. The largest absolute Gasteiger partial charge is 0.495 e. The number of allylic oxidation sites excluding steroid dienone is 2. The average Bonchev–Trinajstić information content (AvgIpc) is 2.59. The van der Waals surface area contributed by atoms with Crippen LogP contribution in [0, 0.1) is 0 Å². The maximum atomic E-state index is 12.7. The minimum absolute atomic E-state index is 0.0260. The molecule has 1 atom stereocenters. The van der Waals surface area contributed by atoms with Gasteiger partial charge in [-0.3, -0.25) is 4.79 Å². The summed E-state index contributed by atoms with van der Waals surface area (Å²) in [6.45, 7) is 0. The number of hydrogen-bond acceptors (Lipinski definition) is 6. The molecule has 138 valence electrons. The molecule has 0 saturated carbocycles. The van der Waals surface area contributed by atoms with Crippen LogP contribution in [-0.4, -0.2) is 26.0 Å². The lowest BCUT2D eigenvalue weighted by Crippen LogP contribution is -2.31. The van der Waals surface area contributed by atoms with Crippen molar-refractivity contribution in [2.75, 3.05) is 14.2 Å². The van der Waals surface area contributed by atoms with E-state index in [1.54, 1.807) is 6.07 Å². The number of hydrogen-bond donors (Lipinski definition) is 1. The molecule has 0 aromatic heterocycles. The molecule has 0 bridgehead atoms. The summed E-state index contributed by atoms with van der Waals surface area (Å²) in [6.07, 6.45) is 1.55. The van der Waals surface area contributed by atoms with Crippen molar-refractivity contribution in [3.05, 3.63) is 50.5 Å². The Morgan fingerprint density at radius 2 is 2.00 bits per heavy atom.